The van der Waals surface area contributed by atoms with Crippen LogP contribution in [0.25, 0.3) is 0 Å². The highest BCUT2D eigenvalue weighted by atomic mass is 32.2. The average molecular weight is 410 g/mol. The molecule has 2 aromatic heterocycles. The monoisotopic (exact) mass is 409 g/mol. The molecule has 8 heteroatoms. The van der Waals surface area contributed by atoms with Crippen LogP contribution in [0.4, 0.5) is 5.69 Å². The number of hydrogen-bond donors (Lipinski definition) is 2. The van der Waals surface area contributed by atoms with Gasteiger partial charge in [-0.1, -0.05) is 30.0 Å². The molecule has 1 unspecified atom stereocenters. The second-order valence-electron chi connectivity index (χ2n) is 7.24. The van der Waals surface area contributed by atoms with E-state index in [9.17, 15) is 9.90 Å². The third-order valence-electron chi connectivity index (χ3n) is 4.95. The van der Waals surface area contributed by atoms with E-state index in [0.717, 1.165) is 40.5 Å². The second-order valence-corrected chi connectivity index (χ2v) is 8.55. The number of aromatic nitrogens is 4. The summed E-state index contributed by atoms with van der Waals surface area (Å²) in [6.45, 7) is 2.04. The lowest BCUT2D eigenvalue weighted by Crippen LogP contribution is -2.15. The molecule has 1 aromatic carbocycles. The van der Waals surface area contributed by atoms with E-state index in [1.165, 1.54) is 0 Å². The number of benzene rings is 1. The summed E-state index contributed by atoms with van der Waals surface area (Å²) < 4.78 is 1.88. The molecule has 1 atom stereocenters. The van der Waals surface area contributed by atoms with E-state index < -0.39 is 0 Å². The molecule has 1 aliphatic carbocycles. The maximum absolute atomic E-state index is 12.7. The van der Waals surface area contributed by atoms with Crippen LogP contribution < -0.4 is 5.32 Å². The molecule has 1 aliphatic rings. The lowest BCUT2D eigenvalue weighted by Gasteiger charge is -2.13. The number of carbonyl (C=O) groups excluding carboxylic acids is 1. The van der Waals surface area contributed by atoms with Gasteiger partial charge in [-0.2, -0.15) is 0 Å². The van der Waals surface area contributed by atoms with Gasteiger partial charge in [-0.05, 0) is 49.1 Å². The predicted molar refractivity (Wildman–Crippen MR) is 112 cm³/mol. The Hall–Kier alpha value is -2.71. The molecule has 2 N–H and O–H groups in total. The number of pyridine rings is 1. The summed E-state index contributed by atoms with van der Waals surface area (Å²) in [7, 11) is 1.91. The van der Waals surface area contributed by atoms with Gasteiger partial charge in [0.2, 0.25) is 0 Å². The molecule has 2 heterocycles. The van der Waals surface area contributed by atoms with Crippen molar-refractivity contribution in [1.82, 2.24) is 19.7 Å². The number of rotatable bonds is 7. The van der Waals surface area contributed by atoms with Gasteiger partial charge in [0.1, 0.15) is 12.0 Å². The van der Waals surface area contributed by atoms with Gasteiger partial charge >= 0.3 is 0 Å². The maximum atomic E-state index is 12.7. The Morgan fingerprint density at radius 1 is 1.34 bits per heavy atom. The van der Waals surface area contributed by atoms with E-state index in [2.05, 4.69) is 27.4 Å². The summed E-state index contributed by atoms with van der Waals surface area (Å²) in [6, 6.07) is 11.3. The highest BCUT2D eigenvalue weighted by Crippen LogP contribution is 2.40. The first-order valence-electron chi connectivity index (χ1n) is 9.58. The molecule has 0 saturated heterocycles. The largest absolute Gasteiger partial charge is 0.392 e. The van der Waals surface area contributed by atoms with Crippen molar-refractivity contribution < 1.29 is 9.90 Å². The van der Waals surface area contributed by atoms with E-state index >= 15 is 0 Å². The van der Waals surface area contributed by atoms with Gasteiger partial charge in [-0.25, -0.2) is 4.98 Å². The minimum Gasteiger partial charge on any atom is -0.392 e. The van der Waals surface area contributed by atoms with Crippen LogP contribution in [0.15, 0.2) is 47.9 Å². The molecular formula is C21H23N5O2S. The van der Waals surface area contributed by atoms with Crippen molar-refractivity contribution in [2.45, 2.75) is 42.7 Å². The SMILES string of the molecule is CC(Sc1nncn1C)c1cccc(NC(=O)c2ccc(CO)c(C3CC3)n2)c1. The fourth-order valence-corrected chi connectivity index (χ4v) is 4.05. The number of aliphatic hydroxyl groups is 1. The molecule has 1 amide bonds. The van der Waals surface area contributed by atoms with Gasteiger partial charge in [0, 0.05) is 29.6 Å². The number of anilines is 1. The molecule has 3 aromatic rings. The first-order valence-corrected chi connectivity index (χ1v) is 10.5. The molecule has 150 valence electrons. The topological polar surface area (TPSA) is 92.9 Å². The van der Waals surface area contributed by atoms with Crippen molar-refractivity contribution in [1.29, 1.82) is 0 Å². The van der Waals surface area contributed by atoms with Crippen molar-refractivity contribution in [3.05, 3.63) is 65.2 Å². The number of nitrogens with zero attached hydrogens (tertiary/aromatic N) is 4. The van der Waals surface area contributed by atoms with Crippen LogP contribution >= 0.6 is 11.8 Å². The summed E-state index contributed by atoms with van der Waals surface area (Å²) in [6.07, 6.45) is 3.80. The van der Waals surface area contributed by atoms with Crippen LogP contribution in [0.3, 0.4) is 0 Å². The number of nitrogens with one attached hydrogen (secondary N) is 1. The summed E-state index contributed by atoms with van der Waals surface area (Å²) in [5.74, 6) is 0.119. The van der Waals surface area contributed by atoms with Gasteiger partial charge in [0.15, 0.2) is 5.16 Å². The van der Waals surface area contributed by atoms with Crippen LogP contribution in [0.1, 0.15) is 58.2 Å². The van der Waals surface area contributed by atoms with Crippen LogP contribution in [0.5, 0.6) is 0 Å². The van der Waals surface area contributed by atoms with Crippen LogP contribution in [-0.4, -0.2) is 30.8 Å². The zero-order chi connectivity index (χ0) is 20.4. The molecule has 0 bridgehead atoms. The van der Waals surface area contributed by atoms with Gasteiger partial charge in [0.25, 0.3) is 5.91 Å². The smallest absolute Gasteiger partial charge is 0.274 e. The molecule has 29 heavy (non-hydrogen) atoms. The molecule has 1 fully saturated rings. The lowest BCUT2D eigenvalue weighted by atomic mass is 10.1. The zero-order valence-electron chi connectivity index (χ0n) is 16.4. The molecule has 7 nitrogen and oxygen atoms in total. The molecular weight excluding hydrogens is 386 g/mol. The van der Waals surface area contributed by atoms with Crippen molar-refractivity contribution in [3.63, 3.8) is 0 Å². The van der Waals surface area contributed by atoms with E-state index in [1.54, 1.807) is 30.2 Å². The molecule has 0 spiro atoms. The summed E-state index contributed by atoms with van der Waals surface area (Å²) in [4.78, 5) is 17.3. The van der Waals surface area contributed by atoms with Gasteiger partial charge < -0.3 is 15.0 Å². The summed E-state index contributed by atoms with van der Waals surface area (Å²) in [5.41, 5.74) is 3.83. The fourth-order valence-electron chi connectivity index (χ4n) is 3.14. The molecule has 0 aliphatic heterocycles. The zero-order valence-corrected chi connectivity index (χ0v) is 17.2. The molecule has 1 saturated carbocycles. The Bertz CT molecular complexity index is 1030. The van der Waals surface area contributed by atoms with Crippen LogP contribution in [-0.2, 0) is 13.7 Å². The first kappa shape index (κ1) is 19.6. The summed E-state index contributed by atoms with van der Waals surface area (Å²) in [5, 5.41) is 21.5. The molecule has 4 rings (SSSR count). The summed E-state index contributed by atoms with van der Waals surface area (Å²) >= 11 is 1.61. The Kier molecular flexibility index (Phi) is 5.64. The van der Waals surface area contributed by atoms with E-state index in [1.807, 2.05) is 35.9 Å². The molecule has 0 radical (unpaired) electrons. The minimum atomic E-state index is -0.248. The predicted octanol–water partition coefficient (Wildman–Crippen LogP) is 3.69. The highest BCUT2D eigenvalue weighted by molar-refractivity contribution is 7.99. The Morgan fingerprint density at radius 2 is 2.17 bits per heavy atom. The Balaban J connectivity index is 1.48. The fraction of sp³-hybridized carbons (Fsp3) is 0.333. The minimum absolute atomic E-state index is 0.0517. The normalized spacial score (nSPS) is 14.6. The number of aliphatic hydroxyl groups excluding tert-OH is 1. The van der Waals surface area contributed by atoms with Crippen LogP contribution in [0, 0.1) is 0 Å². The van der Waals surface area contributed by atoms with E-state index in [4.69, 9.17) is 0 Å². The second kappa shape index (κ2) is 8.34. The third-order valence-corrected chi connectivity index (χ3v) is 6.15. The van der Waals surface area contributed by atoms with Crippen molar-refractivity contribution in [3.8, 4) is 0 Å². The highest BCUT2D eigenvalue weighted by Gasteiger charge is 2.28. The first-order chi connectivity index (χ1) is 14.0. The number of thioether (sulfide) groups is 1. The Labute approximate surface area is 173 Å². The van der Waals surface area contributed by atoms with Crippen molar-refractivity contribution in [2.75, 3.05) is 5.32 Å². The van der Waals surface area contributed by atoms with Crippen molar-refractivity contribution >= 4 is 23.4 Å². The van der Waals surface area contributed by atoms with Crippen LogP contribution in [0.2, 0.25) is 0 Å². The van der Waals surface area contributed by atoms with Gasteiger partial charge in [-0.15, -0.1) is 10.2 Å². The van der Waals surface area contributed by atoms with Crippen molar-refractivity contribution in [2.24, 2.45) is 7.05 Å². The van der Waals surface area contributed by atoms with Gasteiger partial charge in [-0.3, -0.25) is 4.79 Å². The van der Waals surface area contributed by atoms with Gasteiger partial charge in [0.05, 0.1) is 6.61 Å². The van der Waals surface area contributed by atoms with E-state index in [0.29, 0.717) is 11.6 Å². The average Bonchev–Trinajstić information content (AvgIpc) is 3.51. The standard InChI is InChI=1S/C21H23N5O2S/c1-13(29-21-25-22-12-26(21)2)15-4-3-5-17(10-15)23-20(28)18-9-8-16(11-27)19(24-18)14-6-7-14/h3-5,8-10,12-14,27H,6-7,11H2,1-2H3,(H,23,28). The third kappa shape index (κ3) is 4.49. The maximum Gasteiger partial charge on any atom is 0.274 e. The quantitative estimate of drug-likeness (QED) is 0.578. The number of carbonyl (C=O) groups is 1. The number of hydrogen-bond acceptors (Lipinski definition) is 6. The lowest BCUT2D eigenvalue weighted by molar-refractivity contribution is 0.102. The Morgan fingerprint density at radius 3 is 2.86 bits per heavy atom. The van der Waals surface area contributed by atoms with E-state index in [-0.39, 0.29) is 17.8 Å². The number of amides is 1. The number of aryl methyl sites for hydroxylation is 1.